The van der Waals surface area contributed by atoms with Crippen molar-refractivity contribution < 1.29 is 9.47 Å². The molecule has 0 aliphatic carbocycles. The molecule has 20 heavy (non-hydrogen) atoms. The number of benzene rings is 1. The van der Waals surface area contributed by atoms with Crippen LogP contribution in [0.15, 0.2) is 24.4 Å². The summed E-state index contributed by atoms with van der Waals surface area (Å²) in [5, 5.41) is 4.32. The van der Waals surface area contributed by atoms with Crippen LogP contribution in [-0.2, 0) is 6.42 Å². The largest absolute Gasteiger partial charge is 0.454 e. The molecule has 0 saturated carbocycles. The summed E-state index contributed by atoms with van der Waals surface area (Å²) in [6, 6.07) is 6.36. The smallest absolute Gasteiger partial charge is 0.231 e. The molecule has 106 valence electrons. The van der Waals surface area contributed by atoms with Gasteiger partial charge in [-0.05, 0) is 60.1 Å². The van der Waals surface area contributed by atoms with Crippen LogP contribution < -0.4 is 15.2 Å². The summed E-state index contributed by atoms with van der Waals surface area (Å²) in [7, 11) is 0. The molecular weight excluding hydrogens is 369 g/mol. The van der Waals surface area contributed by atoms with E-state index in [1.165, 1.54) is 5.56 Å². The minimum Gasteiger partial charge on any atom is -0.454 e. The fourth-order valence-corrected chi connectivity index (χ4v) is 2.67. The maximum Gasteiger partial charge on any atom is 0.231 e. The van der Waals surface area contributed by atoms with E-state index in [-0.39, 0.29) is 6.04 Å². The second kappa shape index (κ2) is 5.51. The van der Waals surface area contributed by atoms with Gasteiger partial charge in [-0.1, -0.05) is 6.07 Å². The van der Waals surface area contributed by atoms with Crippen LogP contribution in [0.1, 0.15) is 24.9 Å². The van der Waals surface area contributed by atoms with Gasteiger partial charge in [-0.25, -0.2) is 4.68 Å². The van der Waals surface area contributed by atoms with E-state index in [0.29, 0.717) is 6.79 Å². The molecule has 1 aromatic heterocycles. The Balaban J connectivity index is 1.66. The number of ether oxygens (including phenoxy) is 2. The van der Waals surface area contributed by atoms with Crippen molar-refractivity contribution in [2.45, 2.75) is 25.8 Å². The topological polar surface area (TPSA) is 62.3 Å². The number of hydrogen-bond acceptors (Lipinski definition) is 4. The van der Waals surface area contributed by atoms with Crippen LogP contribution in [0, 0.1) is 3.57 Å². The standard InChI is InChI=1S/C14H16IN3O2/c1-9(18-14(16)11(15)7-17-18)2-3-10-4-5-12-13(6-10)20-8-19-12/h4-7,9H,2-3,8,16H2,1H3. The van der Waals surface area contributed by atoms with Crippen LogP contribution in [0.5, 0.6) is 11.5 Å². The molecular formula is C14H16IN3O2. The normalized spacial score (nSPS) is 14.5. The van der Waals surface area contributed by atoms with E-state index in [2.05, 4.69) is 40.7 Å². The van der Waals surface area contributed by atoms with E-state index >= 15 is 0 Å². The SMILES string of the molecule is CC(CCc1ccc2c(c1)OCO2)n1ncc(I)c1N. The molecule has 2 heterocycles. The highest BCUT2D eigenvalue weighted by Gasteiger charge is 2.15. The first-order valence-electron chi connectivity index (χ1n) is 6.52. The van der Waals surface area contributed by atoms with Gasteiger partial charge in [0.15, 0.2) is 11.5 Å². The number of anilines is 1. The number of nitrogen functional groups attached to an aromatic ring is 1. The van der Waals surface area contributed by atoms with Crippen molar-refractivity contribution in [1.29, 1.82) is 0 Å². The number of halogens is 1. The summed E-state index contributed by atoms with van der Waals surface area (Å²) in [6.45, 7) is 2.45. The third-order valence-corrected chi connectivity index (χ3v) is 4.32. The zero-order valence-electron chi connectivity index (χ0n) is 11.2. The fourth-order valence-electron chi connectivity index (χ4n) is 2.30. The molecule has 1 aromatic carbocycles. The molecule has 5 nitrogen and oxygen atoms in total. The molecule has 0 spiro atoms. The van der Waals surface area contributed by atoms with Crippen molar-refractivity contribution in [3.63, 3.8) is 0 Å². The lowest BCUT2D eigenvalue weighted by atomic mass is 10.1. The molecule has 6 heteroatoms. The van der Waals surface area contributed by atoms with Gasteiger partial charge in [-0.3, -0.25) is 0 Å². The zero-order valence-corrected chi connectivity index (χ0v) is 13.3. The molecule has 0 bridgehead atoms. The molecule has 0 amide bonds. The van der Waals surface area contributed by atoms with E-state index < -0.39 is 0 Å². The molecule has 0 fully saturated rings. The number of hydrogen-bond donors (Lipinski definition) is 1. The minimum absolute atomic E-state index is 0.268. The van der Waals surface area contributed by atoms with Crippen LogP contribution in [-0.4, -0.2) is 16.6 Å². The lowest BCUT2D eigenvalue weighted by Gasteiger charge is -2.14. The molecule has 0 saturated heterocycles. The van der Waals surface area contributed by atoms with Gasteiger partial charge >= 0.3 is 0 Å². The van der Waals surface area contributed by atoms with Crippen LogP contribution in [0.2, 0.25) is 0 Å². The number of aromatic nitrogens is 2. The Labute approximate surface area is 131 Å². The van der Waals surface area contributed by atoms with Gasteiger partial charge in [0, 0.05) is 0 Å². The summed E-state index contributed by atoms with van der Waals surface area (Å²) in [5.74, 6) is 2.40. The summed E-state index contributed by atoms with van der Waals surface area (Å²) in [5.41, 5.74) is 7.24. The third-order valence-electron chi connectivity index (χ3n) is 3.49. The summed E-state index contributed by atoms with van der Waals surface area (Å²) >= 11 is 2.20. The predicted molar refractivity (Wildman–Crippen MR) is 85.0 cm³/mol. The lowest BCUT2D eigenvalue weighted by Crippen LogP contribution is -2.11. The first kappa shape index (κ1) is 13.5. The molecule has 1 atom stereocenters. The average molecular weight is 385 g/mol. The van der Waals surface area contributed by atoms with Gasteiger partial charge in [0.05, 0.1) is 15.8 Å². The molecule has 1 unspecified atom stereocenters. The molecule has 0 radical (unpaired) electrons. The molecule has 2 aromatic rings. The number of nitrogens with two attached hydrogens (primary N) is 1. The van der Waals surface area contributed by atoms with Crippen LogP contribution in [0.4, 0.5) is 5.82 Å². The van der Waals surface area contributed by atoms with Crippen molar-refractivity contribution in [1.82, 2.24) is 9.78 Å². The first-order chi connectivity index (χ1) is 9.65. The van der Waals surface area contributed by atoms with Crippen molar-refractivity contribution in [3.05, 3.63) is 33.5 Å². The van der Waals surface area contributed by atoms with Crippen LogP contribution in [0.25, 0.3) is 0 Å². The van der Waals surface area contributed by atoms with Crippen molar-refractivity contribution >= 4 is 28.4 Å². The zero-order chi connectivity index (χ0) is 14.1. The van der Waals surface area contributed by atoms with Crippen molar-refractivity contribution in [2.75, 3.05) is 12.5 Å². The first-order valence-corrected chi connectivity index (χ1v) is 7.60. The number of fused-ring (bicyclic) bond motifs is 1. The van der Waals surface area contributed by atoms with E-state index in [0.717, 1.165) is 33.7 Å². The Hall–Kier alpha value is -1.44. The maximum absolute atomic E-state index is 6.00. The average Bonchev–Trinajstić information content (AvgIpc) is 3.03. The Morgan fingerprint density at radius 2 is 2.20 bits per heavy atom. The van der Waals surface area contributed by atoms with Crippen LogP contribution >= 0.6 is 22.6 Å². The van der Waals surface area contributed by atoms with E-state index in [9.17, 15) is 0 Å². The van der Waals surface area contributed by atoms with E-state index in [1.807, 2.05) is 16.8 Å². The van der Waals surface area contributed by atoms with Gasteiger partial charge in [0.1, 0.15) is 5.82 Å². The Kier molecular flexibility index (Phi) is 3.73. The maximum atomic E-state index is 6.00. The van der Waals surface area contributed by atoms with E-state index in [4.69, 9.17) is 15.2 Å². The van der Waals surface area contributed by atoms with E-state index in [1.54, 1.807) is 6.20 Å². The van der Waals surface area contributed by atoms with Gasteiger partial charge in [0.2, 0.25) is 6.79 Å². The quantitative estimate of drug-likeness (QED) is 0.823. The summed E-state index contributed by atoms with van der Waals surface area (Å²) in [6.07, 6.45) is 3.72. The highest BCUT2D eigenvalue weighted by Crippen LogP contribution is 2.33. The van der Waals surface area contributed by atoms with Crippen molar-refractivity contribution in [3.8, 4) is 11.5 Å². The highest BCUT2D eigenvalue weighted by molar-refractivity contribution is 14.1. The lowest BCUT2D eigenvalue weighted by molar-refractivity contribution is 0.174. The number of rotatable bonds is 4. The van der Waals surface area contributed by atoms with Gasteiger partial charge in [-0.2, -0.15) is 5.10 Å². The van der Waals surface area contributed by atoms with Crippen LogP contribution in [0.3, 0.4) is 0 Å². The summed E-state index contributed by atoms with van der Waals surface area (Å²) in [4.78, 5) is 0. The monoisotopic (exact) mass is 385 g/mol. The number of nitrogens with zero attached hydrogens (tertiary/aromatic N) is 2. The van der Waals surface area contributed by atoms with Gasteiger partial charge < -0.3 is 15.2 Å². The minimum atomic E-state index is 0.268. The fraction of sp³-hybridized carbons (Fsp3) is 0.357. The van der Waals surface area contributed by atoms with Gasteiger partial charge in [0.25, 0.3) is 0 Å². The molecule has 2 N–H and O–H groups in total. The molecule has 1 aliphatic heterocycles. The second-order valence-electron chi connectivity index (χ2n) is 4.90. The Bertz CT molecular complexity index is 627. The third kappa shape index (κ3) is 2.56. The Morgan fingerprint density at radius 3 is 2.95 bits per heavy atom. The highest BCUT2D eigenvalue weighted by atomic mass is 127. The Morgan fingerprint density at radius 1 is 1.40 bits per heavy atom. The second-order valence-corrected chi connectivity index (χ2v) is 6.06. The molecule has 1 aliphatic rings. The number of aryl methyl sites for hydroxylation is 1. The van der Waals surface area contributed by atoms with Gasteiger partial charge in [-0.15, -0.1) is 0 Å². The summed E-state index contributed by atoms with van der Waals surface area (Å²) < 4.78 is 13.6. The predicted octanol–water partition coefficient (Wildman–Crippen LogP) is 2.99. The van der Waals surface area contributed by atoms with Crippen molar-refractivity contribution in [2.24, 2.45) is 0 Å². The molecule has 3 rings (SSSR count).